The fraction of sp³-hybridized carbons (Fsp3) is 0.281. The average Bonchev–Trinajstić information content (AvgIpc) is 3.44. The number of carbonyl (C=O) groups is 1. The summed E-state index contributed by atoms with van der Waals surface area (Å²) >= 11 is 0. The van der Waals surface area contributed by atoms with E-state index in [1.165, 1.54) is 10.2 Å². The van der Waals surface area contributed by atoms with Crippen LogP contribution in [-0.2, 0) is 14.8 Å². The van der Waals surface area contributed by atoms with E-state index in [9.17, 15) is 13.2 Å². The molecule has 1 aliphatic heterocycles. The van der Waals surface area contributed by atoms with Crippen molar-refractivity contribution < 1.29 is 22.7 Å². The predicted octanol–water partition coefficient (Wildman–Crippen LogP) is 5.63. The zero-order valence-corrected chi connectivity index (χ0v) is 25.8. The maximum absolute atomic E-state index is 13.8. The number of benzene rings is 2. The van der Waals surface area contributed by atoms with Crippen LogP contribution in [0.25, 0.3) is 21.8 Å². The fourth-order valence-corrected chi connectivity index (χ4v) is 6.78. The molecule has 1 saturated heterocycles. The topological polar surface area (TPSA) is 119 Å². The van der Waals surface area contributed by atoms with Crippen LogP contribution in [0.5, 0.6) is 5.75 Å². The SMILES string of the molecule is COc1cc(N2CCN(C(=O)OC(C)(C)C)CC2)ccc1Nc1cc2c(ccn2S(=O)(=O)c2cccc3cccnc23)cn1. The Morgan fingerprint density at radius 2 is 1.70 bits per heavy atom. The highest BCUT2D eigenvalue weighted by atomic mass is 32.2. The lowest BCUT2D eigenvalue weighted by Gasteiger charge is -2.37. The Labute approximate surface area is 256 Å². The Morgan fingerprint density at radius 3 is 2.45 bits per heavy atom. The number of aromatic nitrogens is 3. The molecule has 1 fully saturated rings. The number of ether oxygens (including phenoxy) is 2. The Kier molecular flexibility index (Phi) is 7.54. The molecule has 3 aromatic heterocycles. The molecule has 44 heavy (non-hydrogen) atoms. The number of fused-ring (bicyclic) bond motifs is 2. The second-order valence-corrected chi connectivity index (χ2v) is 13.3. The second-order valence-electron chi connectivity index (χ2n) is 11.5. The number of para-hydroxylation sites is 1. The number of anilines is 3. The molecule has 0 radical (unpaired) electrons. The molecule has 1 aliphatic rings. The zero-order valence-electron chi connectivity index (χ0n) is 25.0. The van der Waals surface area contributed by atoms with E-state index in [0.717, 1.165) is 11.1 Å². The largest absolute Gasteiger partial charge is 0.494 e. The first-order valence-electron chi connectivity index (χ1n) is 14.3. The quantitative estimate of drug-likeness (QED) is 0.260. The Bertz CT molecular complexity index is 1950. The van der Waals surface area contributed by atoms with Gasteiger partial charge >= 0.3 is 6.09 Å². The van der Waals surface area contributed by atoms with Crippen LogP contribution in [0.1, 0.15) is 20.8 Å². The van der Waals surface area contributed by atoms with Gasteiger partial charge in [-0.25, -0.2) is 22.2 Å². The lowest BCUT2D eigenvalue weighted by Crippen LogP contribution is -2.50. The Hall–Kier alpha value is -4.84. The minimum absolute atomic E-state index is 0.128. The number of carbonyl (C=O) groups excluding carboxylic acids is 1. The number of pyridine rings is 2. The summed E-state index contributed by atoms with van der Waals surface area (Å²) < 4.78 is 40.1. The highest BCUT2D eigenvalue weighted by Gasteiger charge is 2.27. The van der Waals surface area contributed by atoms with Crippen molar-refractivity contribution in [2.24, 2.45) is 0 Å². The number of nitrogens with one attached hydrogen (secondary N) is 1. The summed E-state index contributed by atoms with van der Waals surface area (Å²) in [6.07, 6.45) is 4.46. The van der Waals surface area contributed by atoms with E-state index in [4.69, 9.17) is 9.47 Å². The van der Waals surface area contributed by atoms with E-state index in [1.54, 1.807) is 54.7 Å². The van der Waals surface area contributed by atoms with Gasteiger partial charge in [0, 0.05) is 73.4 Å². The van der Waals surface area contributed by atoms with Crippen LogP contribution in [0.2, 0.25) is 0 Å². The maximum atomic E-state index is 13.8. The van der Waals surface area contributed by atoms with Crippen molar-refractivity contribution >= 4 is 55.1 Å². The molecule has 4 heterocycles. The molecule has 6 rings (SSSR count). The summed E-state index contributed by atoms with van der Waals surface area (Å²) in [5.41, 5.74) is 2.00. The summed E-state index contributed by atoms with van der Waals surface area (Å²) in [6, 6.07) is 18.0. The van der Waals surface area contributed by atoms with Crippen LogP contribution < -0.4 is 15.0 Å². The summed E-state index contributed by atoms with van der Waals surface area (Å²) in [5.74, 6) is 1.06. The van der Waals surface area contributed by atoms with E-state index in [0.29, 0.717) is 59.9 Å². The molecule has 0 aliphatic carbocycles. The van der Waals surface area contributed by atoms with Gasteiger partial charge < -0.3 is 24.6 Å². The van der Waals surface area contributed by atoms with Gasteiger partial charge in [0.25, 0.3) is 10.0 Å². The van der Waals surface area contributed by atoms with Gasteiger partial charge in [-0.05, 0) is 51.1 Å². The molecule has 12 heteroatoms. The van der Waals surface area contributed by atoms with Crippen molar-refractivity contribution in [2.75, 3.05) is 43.5 Å². The molecule has 228 valence electrons. The third-order valence-corrected chi connectivity index (χ3v) is 9.14. The fourth-order valence-electron chi connectivity index (χ4n) is 5.26. The normalized spacial score (nSPS) is 14.2. The van der Waals surface area contributed by atoms with Gasteiger partial charge in [0.15, 0.2) is 0 Å². The molecule has 0 spiro atoms. The van der Waals surface area contributed by atoms with Gasteiger partial charge in [0.2, 0.25) is 0 Å². The van der Waals surface area contributed by atoms with Crippen molar-refractivity contribution in [1.29, 1.82) is 0 Å². The number of amides is 1. The van der Waals surface area contributed by atoms with Gasteiger partial charge in [-0.2, -0.15) is 0 Å². The van der Waals surface area contributed by atoms with Gasteiger partial charge in [-0.15, -0.1) is 0 Å². The summed E-state index contributed by atoms with van der Waals surface area (Å²) in [6.45, 7) is 8.01. The molecule has 0 atom stereocenters. The Morgan fingerprint density at radius 1 is 0.932 bits per heavy atom. The van der Waals surface area contributed by atoms with Crippen LogP contribution in [0.15, 0.2) is 84.1 Å². The van der Waals surface area contributed by atoms with Crippen molar-refractivity contribution in [3.05, 3.63) is 79.3 Å². The Balaban J connectivity index is 1.23. The van der Waals surface area contributed by atoms with Crippen molar-refractivity contribution in [3.63, 3.8) is 0 Å². The lowest BCUT2D eigenvalue weighted by atomic mass is 10.2. The molecule has 1 amide bonds. The standard InChI is InChI=1S/C32H34N6O5S/c1-32(2,3)43-31(39)37-17-15-36(16-18-37)24-10-11-25(27(19-24)42-4)35-29-20-26-23(21-34-29)12-14-38(26)44(40,41)28-9-5-7-22-8-6-13-33-30(22)28/h5-14,19-21H,15-18H2,1-4H3,(H,34,35). The number of hydrogen-bond acceptors (Lipinski definition) is 9. The number of nitrogens with zero attached hydrogens (tertiary/aromatic N) is 5. The highest BCUT2D eigenvalue weighted by molar-refractivity contribution is 7.90. The third kappa shape index (κ3) is 5.72. The minimum Gasteiger partial charge on any atom is -0.494 e. The molecule has 0 unspecified atom stereocenters. The number of rotatable bonds is 6. The minimum atomic E-state index is -3.95. The van der Waals surface area contributed by atoms with E-state index < -0.39 is 15.6 Å². The monoisotopic (exact) mass is 614 g/mol. The van der Waals surface area contributed by atoms with E-state index >= 15 is 0 Å². The molecule has 0 saturated carbocycles. The number of piperazine rings is 1. The van der Waals surface area contributed by atoms with Crippen LogP contribution in [0, 0.1) is 0 Å². The van der Waals surface area contributed by atoms with Crippen LogP contribution in [-0.4, -0.2) is 72.2 Å². The van der Waals surface area contributed by atoms with Crippen molar-refractivity contribution in [3.8, 4) is 5.75 Å². The first-order chi connectivity index (χ1) is 21.0. The van der Waals surface area contributed by atoms with E-state index in [1.807, 2.05) is 51.1 Å². The van der Waals surface area contributed by atoms with Gasteiger partial charge in [-0.1, -0.05) is 18.2 Å². The third-order valence-electron chi connectivity index (χ3n) is 7.42. The van der Waals surface area contributed by atoms with E-state index in [2.05, 4.69) is 20.2 Å². The average molecular weight is 615 g/mol. The lowest BCUT2D eigenvalue weighted by molar-refractivity contribution is 0.0240. The number of methoxy groups -OCH3 is 1. The van der Waals surface area contributed by atoms with Gasteiger partial charge in [0.1, 0.15) is 22.1 Å². The van der Waals surface area contributed by atoms with Gasteiger partial charge in [-0.3, -0.25) is 4.98 Å². The molecule has 2 aromatic carbocycles. The summed E-state index contributed by atoms with van der Waals surface area (Å²) in [7, 11) is -2.36. The summed E-state index contributed by atoms with van der Waals surface area (Å²) in [5, 5.41) is 4.71. The maximum Gasteiger partial charge on any atom is 0.410 e. The first-order valence-corrected chi connectivity index (χ1v) is 15.7. The molecular formula is C32H34N6O5S. The van der Waals surface area contributed by atoms with Crippen molar-refractivity contribution in [2.45, 2.75) is 31.3 Å². The van der Waals surface area contributed by atoms with E-state index in [-0.39, 0.29) is 11.0 Å². The first kappa shape index (κ1) is 29.2. The molecule has 11 nitrogen and oxygen atoms in total. The zero-order chi connectivity index (χ0) is 31.1. The van der Waals surface area contributed by atoms with Crippen LogP contribution in [0.3, 0.4) is 0 Å². The molecule has 0 bridgehead atoms. The second kappa shape index (κ2) is 11.3. The van der Waals surface area contributed by atoms with Gasteiger partial charge in [0.05, 0.1) is 23.8 Å². The predicted molar refractivity (Wildman–Crippen MR) is 170 cm³/mol. The number of hydrogen-bond donors (Lipinski definition) is 1. The van der Waals surface area contributed by atoms with Crippen LogP contribution >= 0.6 is 0 Å². The summed E-state index contributed by atoms with van der Waals surface area (Å²) in [4.78, 5) is 25.3. The highest BCUT2D eigenvalue weighted by Crippen LogP contribution is 2.34. The smallest absolute Gasteiger partial charge is 0.410 e. The molecular weight excluding hydrogens is 580 g/mol. The van der Waals surface area contributed by atoms with Crippen LogP contribution in [0.4, 0.5) is 22.0 Å². The van der Waals surface area contributed by atoms with Crippen molar-refractivity contribution in [1.82, 2.24) is 18.8 Å². The molecule has 5 aromatic rings. The molecule has 1 N–H and O–H groups in total.